The van der Waals surface area contributed by atoms with Gasteiger partial charge in [0, 0.05) is 30.9 Å². The van der Waals surface area contributed by atoms with E-state index >= 15 is 0 Å². The Bertz CT molecular complexity index is 835. The van der Waals surface area contributed by atoms with Gasteiger partial charge < -0.3 is 9.47 Å². The summed E-state index contributed by atoms with van der Waals surface area (Å²) in [5, 5.41) is 0. The quantitative estimate of drug-likeness (QED) is 0.548. The van der Waals surface area contributed by atoms with Crippen LogP contribution in [0.1, 0.15) is 48.9 Å². The molecule has 1 fully saturated rings. The molecule has 3 rings (SSSR count). The lowest BCUT2D eigenvalue weighted by atomic mass is 9.88. The zero-order valence-corrected chi connectivity index (χ0v) is 16.5. The number of benzene rings is 1. The maximum absolute atomic E-state index is 13.0. The number of hydrogen-bond donors (Lipinski definition) is 0. The summed E-state index contributed by atoms with van der Waals surface area (Å²) in [6.07, 6.45) is 4.42. The molecule has 2 aromatic rings. The third kappa shape index (κ3) is 5.52. The maximum atomic E-state index is 13.0. The molecule has 1 amide bonds. The fraction of sp³-hybridized carbons (Fsp3) is 0.435. The average molecular weight is 404 g/mol. The molecule has 1 aliphatic rings. The second-order valence-electron chi connectivity index (χ2n) is 7.67. The minimum absolute atomic E-state index is 0.0654. The van der Waals surface area contributed by atoms with E-state index in [1.165, 1.54) is 18.6 Å². The van der Waals surface area contributed by atoms with Crippen molar-refractivity contribution in [2.24, 2.45) is 5.92 Å². The number of alkyl halides is 3. The Morgan fingerprint density at radius 3 is 2.62 bits per heavy atom. The van der Waals surface area contributed by atoms with Gasteiger partial charge in [-0.2, -0.15) is 13.2 Å². The topological polar surface area (TPSA) is 25.2 Å². The van der Waals surface area contributed by atoms with Crippen molar-refractivity contribution >= 4 is 5.91 Å². The van der Waals surface area contributed by atoms with Gasteiger partial charge in [-0.25, -0.2) is 0 Å². The first-order chi connectivity index (χ1) is 13.9. The first-order valence-electron chi connectivity index (χ1n) is 10.1. The average Bonchev–Trinajstić information content (AvgIpc) is 3.14. The number of halogens is 3. The van der Waals surface area contributed by atoms with Crippen molar-refractivity contribution in [3.63, 3.8) is 0 Å². The third-order valence-electron chi connectivity index (χ3n) is 5.50. The van der Waals surface area contributed by atoms with Crippen LogP contribution >= 0.6 is 0 Å². The van der Waals surface area contributed by atoms with Gasteiger partial charge >= 0.3 is 6.18 Å². The Morgan fingerprint density at radius 1 is 1.17 bits per heavy atom. The summed E-state index contributed by atoms with van der Waals surface area (Å²) in [6.45, 7) is 4.98. The molecule has 0 spiro atoms. The lowest BCUT2D eigenvalue weighted by Crippen LogP contribution is -2.37. The van der Waals surface area contributed by atoms with E-state index in [9.17, 15) is 18.0 Å². The number of amides is 1. The van der Waals surface area contributed by atoms with Crippen LogP contribution in [-0.2, 0) is 24.1 Å². The molecule has 1 heterocycles. The molecule has 1 aromatic heterocycles. The predicted octanol–water partition coefficient (Wildman–Crippen LogP) is 5.65. The molecule has 0 atom stereocenters. The molecule has 0 radical (unpaired) electrons. The second-order valence-corrected chi connectivity index (χ2v) is 7.67. The number of carbonyl (C=O) groups excluding carboxylic acids is 1. The van der Waals surface area contributed by atoms with E-state index in [2.05, 4.69) is 6.58 Å². The van der Waals surface area contributed by atoms with E-state index in [-0.39, 0.29) is 11.8 Å². The monoisotopic (exact) mass is 404 g/mol. The highest BCUT2D eigenvalue weighted by atomic mass is 19.4. The minimum Gasteiger partial charge on any atom is -0.345 e. The molecule has 1 aliphatic carbocycles. The van der Waals surface area contributed by atoms with Gasteiger partial charge in [-0.15, -0.1) is 6.58 Å². The molecule has 0 unspecified atom stereocenters. The molecule has 29 heavy (non-hydrogen) atoms. The van der Waals surface area contributed by atoms with Crippen LogP contribution in [0.3, 0.4) is 0 Å². The summed E-state index contributed by atoms with van der Waals surface area (Å²) >= 11 is 0. The Labute approximate surface area is 169 Å². The van der Waals surface area contributed by atoms with Crippen LogP contribution in [0.4, 0.5) is 13.2 Å². The minimum atomic E-state index is -4.36. The molecule has 0 bridgehead atoms. The van der Waals surface area contributed by atoms with E-state index < -0.39 is 11.7 Å². The van der Waals surface area contributed by atoms with Gasteiger partial charge in [-0.05, 0) is 42.7 Å². The van der Waals surface area contributed by atoms with E-state index in [1.807, 2.05) is 22.9 Å². The molecule has 0 saturated heterocycles. The van der Waals surface area contributed by atoms with Crippen molar-refractivity contribution in [2.45, 2.75) is 51.4 Å². The summed E-state index contributed by atoms with van der Waals surface area (Å²) in [6, 6.07) is 9.15. The highest BCUT2D eigenvalue weighted by Gasteiger charge is 2.30. The molecular formula is C23H27F3N2O. The maximum Gasteiger partial charge on any atom is 0.416 e. The number of aromatic nitrogens is 1. The van der Waals surface area contributed by atoms with Crippen LogP contribution in [0.5, 0.6) is 0 Å². The Hall–Kier alpha value is -2.50. The summed E-state index contributed by atoms with van der Waals surface area (Å²) in [5.74, 6) is 0.215. The summed E-state index contributed by atoms with van der Waals surface area (Å²) in [5.41, 5.74) is 0.823. The van der Waals surface area contributed by atoms with E-state index in [1.54, 1.807) is 17.0 Å². The zero-order valence-electron chi connectivity index (χ0n) is 16.5. The lowest BCUT2D eigenvalue weighted by molar-refractivity contribution is -0.138. The second kappa shape index (κ2) is 9.33. The number of rotatable bonds is 7. The van der Waals surface area contributed by atoms with Crippen LogP contribution in [0.15, 0.2) is 55.3 Å². The lowest BCUT2D eigenvalue weighted by Gasteiger charge is -2.29. The van der Waals surface area contributed by atoms with Gasteiger partial charge in [0.05, 0.1) is 12.1 Å². The van der Waals surface area contributed by atoms with Crippen LogP contribution < -0.4 is 0 Å². The van der Waals surface area contributed by atoms with Gasteiger partial charge in [0.1, 0.15) is 0 Å². The highest BCUT2D eigenvalue weighted by molar-refractivity contribution is 5.79. The Kier molecular flexibility index (Phi) is 6.83. The molecular weight excluding hydrogens is 377 g/mol. The molecule has 0 N–H and O–H groups in total. The van der Waals surface area contributed by atoms with E-state index in [0.29, 0.717) is 25.2 Å². The predicted molar refractivity (Wildman–Crippen MR) is 107 cm³/mol. The van der Waals surface area contributed by atoms with Crippen LogP contribution in [0.2, 0.25) is 0 Å². The molecule has 1 aromatic carbocycles. The van der Waals surface area contributed by atoms with Crippen molar-refractivity contribution in [2.75, 3.05) is 6.54 Å². The van der Waals surface area contributed by atoms with Gasteiger partial charge in [-0.1, -0.05) is 37.5 Å². The third-order valence-corrected chi connectivity index (χ3v) is 5.50. The fourth-order valence-corrected chi connectivity index (χ4v) is 3.98. The first kappa shape index (κ1) is 21.2. The zero-order chi connectivity index (χ0) is 20.9. The van der Waals surface area contributed by atoms with Gasteiger partial charge in [0.25, 0.3) is 0 Å². The molecule has 1 saturated carbocycles. The fourth-order valence-electron chi connectivity index (χ4n) is 3.98. The van der Waals surface area contributed by atoms with Crippen molar-refractivity contribution in [1.82, 2.24) is 9.47 Å². The van der Waals surface area contributed by atoms with Gasteiger partial charge in [-0.3, -0.25) is 4.79 Å². The largest absolute Gasteiger partial charge is 0.416 e. The SMILES string of the molecule is C=CCN(Cc1cccn1Cc1cccc(C(F)(F)F)c1)C(=O)C1CCCCC1. The number of hydrogen-bond acceptors (Lipinski definition) is 1. The van der Waals surface area contributed by atoms with Crippen LogP contribution in [0.25, 0.3) is 0 Å². The van der Waals surface area contributed by atoms with Gasteiger partial charge in [0.2, 0.25) is 5.91 Å². The molecule has 0 aliphatic heterocycles. The highest BCUT2D eigenvalue weighted by Crippen LogP contribution is 2.30. The smallest absolute Gasteiger partial charge is 0.345 e. The Morgan fingerprint density at radius 2 is 1.93 bits per heavy atom. The summed E-state index contributed by atoms with van der Waals surface area (Å²) < 4.78 is 40.9. The van der Waals surface area contributed by atoms with E-state index in [0.717, 1.165) is 37.4 Å². The van der Waals surface area contributed by atoms with E-state index in [4.69, 9.17) is 0 Å². The van der Waals surface area contributed by atoms with Crippen molar-refractivity contribution in [1.29, 1.82) is 0 Å². The van der Waals surface area contributed by atoms with Gasteiger partial charge in [0.15, 0.2) is 0 Å². The number of carbonyl (C=O) groups is 1. The van der Waals surface area contributed by atoms with Crippen molar-refractivity contribution < 1.29 is 18.0 Å². The Balaban J connectivity index is 1.74. The molecule has 6 heteroatoms. The van der Waals surface area contributed by atoms with Crippen molar-refractivity contribution in [3.05, 3.63) is 72.1 Å². The van der Waals surface area contributed by atoms with Crippen molar-refractivity contribution in [3.8, 4) is 0 Å². The first-order valence-corrected chi connectivity index (χ1v) is 10.1. The summed E-state index contributed by atoms with van der Waals surface area (Å²) in [4.78, 5) is 14.8. The standard InChI is InChI=1S/C23H27F3N2O/c1-2-13-28(22(29)19-9-4-3-5-10-19)17-21-12-7-14-27(21)16-18-8-6-11-20(15-18)23(24,25)26/h2,6-8,11-12,14-15,19H,1,3-5,9-10,13,16-17H2. The normalized spacial score (nSPS) is 15.3. The van der Waals surface area contributed by atoms with Crippen LogP contribution in [0, 0.1) is 5.92 Å². The molecule has 3 nitrogen and oxygen atoms in total. The summed E-state index contributed by atoms with van der Waals surface area (Å²) in [7, 11) is 0. The number of nitrogens with zero attached hydrogens (tertiary/aromatic N) is 2. The van der Waals surface area contributed by atoms with Crippen LogP contribution in [-0.4, -0.2) is 21.9 Å². The molecule has 156 valence electrons.